The second-order valence-electron chi connectivity index (χ2n) is 12.5. The van der Waals surface area contributed by atoms with Gasteiger partial charge in [0.25, 0.3) is 0 Å². The predicted molar refractivity (Wildman–Crippen MR) is 185 cm³/mol. The zero-order chi connectivity index (χ0) is 35.2. The number of ether oxygens (including phenoxy) is 2. The summed E-state index contributed by atoms with van der Waals surface area (Å²) in [6, 6.07) is 16.8. The summed E-state index contributed by atoms with van der Waals surface area (Å²) in [7, 11) is 0. The first kappa shape index (κ1) is 37.1. The molecule has 4 rings (SSSR count). The lowest BCUT2D eigenvalue weighted by molar-refractivity contribution is -0.125. The average molecular weight is 692 g/mol. The highest BCUT2D eigenvalue weighted by molar-refractivity contribution is 7.09. The number of aliphatic hydroxyl groups is 1. The van der Waals surface area contributed by atoms with Gasteiger partial charge in [0.15, 0.2) is 18.8 Å². The lowest BCUT2D eigenvalue weighted by Gasteiger charge is -2.30. The number of aliphatic hydroxyl groups excluding tert-OH is 1. The molecular formula is C36H45N5O7S. The number of alkyl carbamates (subject to hydrolysis) is 2. The van der Waals surface area contributed by atoms with Gasteiger partial charge >= 0.3 is 12.2 Å². The molecule has 0 aliphatic carbocycles. The molecule has 49 heavy (non-hydrogen) atoms. The molecule has 4 atom stereocenters. The molecule has 0 radical (unpaired) electrons. The molecule has 0 spiro atoms. The van der Waals surface area contributed by atoms with Crippen molar-refractivity contribution in [1.29, 1.82) is 0 Å². The summed E-state index contributed by atoms with van der Waals surface area (Å²) in [5, 5.41) is 23.0. The molecular weight excluding hydrogens is 646 g/mol. The van der Waals surface area contributed by atoms with Crippen molar-refractivity contribution in [1.82, 2.24) is 25.9 Å². The Hall–Kier alpha value is -4.75. The number of amides is 3. The minimum atomic E-state index is -1.09. The standard InChI is InChI=1S/C36H45N5O7S/c1-23(2)32(41-36(45)46-19-28-21-49-34(38-28)24(3)4)33(43)40-30(16-26-13-9-6-10-14-26)31(42)17-27(15-25-11-7-5-8-12-25)39-35(44)47-20-29-18-37-22-48-29/h5-14,18,21-24,27,30-32,42H,15-17,19-20H2,1-4H3,(H,39,44)(H,40,43)(H,41,45)/t27-,30-,31-,32-/m0/s1. The third-order valence-electron chi connectivity index (χ3n) is 7.73. The van der Waals surface area contributed by atoms with Gasteiger partial charge in [0.05, 0.1) is 29.0 Å². The molecule has 0 fully saturated rings. The van der Waals surface area contributed by atoms with E-state index in [2.05, 4.69) is 25.9 Å². The van der Waals surface area contributed by atoms with Gasteiger partial charge in [-0.25, -0.2) is 19.6 Å². The molecule has 4 aromatic rings. The number of carbonyl (C=O) groups excluding carboxylic acids is 3. The van der Waals surface area contributed by atoms with Crippen molar-refractivity contribution in [3.05, 3.63) is 106 Å². The van der Waals surface area contributed by atoms with Crippen molar-refractivity contribution in [3.63, 3.8) is 0 Å². The quantitative estimate of drug-likeness (QED) is 0.112. The summed E-state index contributed by atoms with van der Waals surface area (Å²) in [6.07, 6.45) is 0.986. The van der Waals surface area contributed by atoms with Crippen LogP contribution in [-0.2, 0) is 40.3 Å². The molecule has 2 aromatic heterocycles. The fourth-order valence-electron chi connectivity index (χ4n) is 5.13. The molecule has 2 heterocycles. The Morgan fingerprint density at radius 3 is 2.08 bits per heavy atom. The van der Waals surface area contributed by atoms with Gasteiger partial charge in [0.2, 0.25) is 5.91 Å². The van der Waals surface area contributed by atoms with Gasteiger partial charge in [0, 0.05) is 17.3 Å². The van der Waals surface area contributed by atoms with E-state index in [-0.39, 0.29) is 31.5 Å². The summed E-state index contributed by atoms with van der Waals surface area (Å²) >= 11 is 1.51. The number of nitrogens with one attached hydrogen (secondary N) is 3. The van der Waals surface area contributed by atoms with Gasteiger partial charge in [0.1, 0.15) is 12.6 Å². The van der Waals surface area contributed by atoms with Crippen LogP contribution in [0.1, 0.15) is 67.6 Å². The largest absolute Gasteiger partial charge is 0.445 e. The van der Waals surface area contributed by atoms with Crippen molar-refractivity contribution >= 4 is 29.4 Å². The number of hydrogen-bond acceptors (Lipinski definition) is 10. The van der Waals surface area contributed by atoms with Crippen molar-refractivity contribution in [2.75, 3.05) is 0 Å². The first-order valence-corrected chi connectivity index (χ1v) is 17.2. The second kappa shape index (κ2) is 18.7. The maximum Gasteiger partial charge on any atom is 0.408 e. The molecule has 0 saturated heterocycles. The van der Waals surface area contributed by atoms with Crippen LogP contribution in [0.4, 0.5) is 9.59 Å². The summed E-state index contributed by atoms with van der Waals surface area (Å²) < 4.78 is 15.9. The number of hydrogen-bond donors (Lipinski definition) is 4. The Balaban J connectivity index is 1.44. The van der Waals surface area contributed by atoms with E-state index in [1.54, 1.807) is 0 Å². The second-order valence-corrected chi connectivity index (χ2v) is 13.3. The molecule has 4 N–H and O–H groups in total. The fraction of sp³-hybridized carbons (Fsp3) is 0.417. The summed E-state index contributed by atoms with van der Waals surface area (Å²) in [4.78, 5) is 47.6. The summed E-state index contributed by atoms with van der Waals surface area (Å²) in [5.41, 5.74) is 2.48. The zero-order valence-corrected chi connectivity index (χ0v) is 29.0. The molecule has 0 aliphatic rings. The topological polar surface area (TPSA) is 165 Å². The number of carbonyl (C=O) groups is 3. The van der Waals surface area contributed by atoms with E-state index in [4.69, 9.17) is 13.9 Å². The summed E-state index contributed by atoms with van der Waals surface area (Å²) in [6.45, 7) is 7.58. The van der Waals surface area contributed by atoms with E-state index in [1.165, 1.54) is 23.9 Å². The van der Waals surface area contributed by atoms with Crippen LogP contribution < -0.4 is 16.0 Å². The highest BCUT2D eigenvalue weighted by Crippen LogP contribution is 2.20. The molecule has 3 amide bonds. The van der Waals surface area contributed by atoms with Crippen molar-refractivity contribution in [2.24, 2.45) is 5.92 Å². The number of benzene rings is 2. The lowest BCUT2D eigenvalue weighted by Crippen LogP contribution is -2.56. The maximum atomic E-state index is 13.7. The maximum absolute atomic E-state index is 13.7. The normalized spacial score (nSPS) is 13.7. The molecule has 0 unspecified atom stereocenters. The number of rotatable bonds is 17. The van der Waals surface area contributed by atoms with E-state index < -0.39 is 42.3 Å². The van der Waals surface area contributed by atoms with E-state index >= 15 is 0 Å². The molecule has 2 aromatic carbocycles. The van der Waals surface area contributed by atoms with Crippen LogP contribution >= 0.6 is 11.3 Å². The minimum absolute atomic E-state index is 0.0204. The van der Waals surface area contributed by atoms with Crippen molar-refractivity contribution in [3.8, 4) is 0 Å². The van der Waals surface area contributed by atoms with Gasteiger partial charge in [-0.2, -0.15) is 0 Å². The SMILES string of the molecule is CC(C)c1nc(COC(=O)N[C@H](C(=O)N[C@@H](Cc2ccccc2)[C@@H](O)C[C@H](Cc2ccccc2)NC(=O)OCc2cnco2)C(C)C)cs1. The first-order valence-electron chi connectivity index (χ1n) is 16.3. The third kappa shape index (κ3) is 12.3. The number of aromatic nitrogens is 2. The smallest absolute Gasteiger partial charge is 0.408 e. The molecule has 0 aliphatic heterocycles. The van der Waals surface area contributed by atoms with Gasteiger partial charge < -0.3 is 34.9 Å². The summed E-state index contributed by atoms with van der Waals surface area (Å²) in [5.74, 6) is -0.104. The van der Waals surface area contributed by atoms with Crippen LogP contribution in [-0.4, -0.2) is 57.4 Å². The van der Waals surface area contributed by atoms with Crippen LogP contribution in [0.25, 0.3) is 0 Å². The van der Waals surface area contributed by atoms with E-state index in [9.17, 15) is 19.5 Å². The molecule has 13 heteroatoms. The molecule has 12 nitrogen and oxygen atoms in total. The predicted octanol–water partition coefficient (Wildman–Crippen LogP) is 5.52. The van der Waals surface area contributed by atoms with Crippen LogP contribution in [0.15, 0.2) is 83.1 Å². The van der Waals surface area contributed by atoms with E-state index in [0.717, 1.165) is 16.1 Å². The van der Waals surface area contributed by atoms with Crippen LogP contribution in [0.2, 0.25) is 0 Å². The Morgan fingerprint density at radius 1 is 0.857 bits per heavy atom. The van der Waals surface area contributed by atoms with Gasteiger partial charge in [-0.3, -0.25) is 4.79 Å². The molecule has 0 bridgehead atoms. The number of thiazole rings is 1. The van der Waals surface area contributed by atoms with E-state index in [0.29, 0.717) is 24.3 Å². The average Bonchev–Trinajstić information content (AvgIpc) is 3.79. The van der Waals surface area contributed by atoms with Crippen LogP contribution in [0.5, 0.6) is 0 Å². The first-order chi connectivity index (χ1) is 23.6. The molecule has 262 valence electrons. The Bertz CT molecular complexity index is 1580. The zero-order valence-electron chi connectivity index (χ0n) is 28.2. The highest BCUT2D eigenvalue weighted by Gasteiger charge is 2.31. The third-order valence-corrected chi connectivity index (χ3v) is 8.92. The monoisotopic (exact) mass is 691 g/mol. The van der Waals surface area contributed by atoms with E-state index in [1.807, 2.05) is 93.7 Å². The van der Waals surface area contributed by atoms with Gasteiger partial charge in [-0.05, 0) is 36.3 Å². The highest BCUT2D eigenvalue weighted by atomic mass is 32.1. The lowest BCUT2D eigenvalue weighted by atomic mass is 9.93. The number of oxazole rings is 1. The Labute approximate surface area is 290 Å². The Kier molecular flexibility index (Phi) is 14.2. The van der Waals surface area contributed by atoms with Crippen molar-refractivity contribution in [2.45, 2.75) is 90.3 Å². The van der Waals surface area contributed by atoms with Crippen LogP contribution in [0.3, 0.4) is 0 Å². The Morgan fingerprint density at radius 2 is 1.49 bits per heavy atom. The number of nitrogens with zero attached hydrogens (tertiary/aromatic N) is 2. The van der Waals surface area contributed by atoms with Crippen molar-refractivity contribution < 1.29 is 33.4 Å². The van der Waals surface area contributed by atoms with Gasteiger partial charge in [-0.1, -0.05) is 88.4 Å². The minimum Gasteiger partial charge on any atom is -0.445 e. The fourth-order valence-corrected chi connectivity index (χ4v) is 5.95. The van der Waals surface area contributed by atoms with Crippen LogP contribution in [0, 0.1) is 5.92 Å². The molecule has 0 saturated carbocycles. The van der Waals surface area contributed by atoms with Gasteiger partial charge in [-0.15, -0.1) is 11.3 Å².